The van der Waals surface area contributed by atoms with Crippen molar-refractivity contribution in [3.05, 3.63) is 20.3 Å². The summed E-state index contributed by atoms with van der Waals surface area (Å²) in [5.74, 6) is 0. The van der Waals surface area contributed by atoms with Crippen molar-refractivity contribution in [2.24, 2.45) is 5.41 Å². The van der Waals surface area contributed by atoms with Crippen molar-refractivity contribution in [1.82, 2.24) is 0 Å². The van der Waals surface area contributed by atoms with E-state index in [4.69, 9.17) is 5.11 Å². The summed E-state index contributed by atoms with van der Waals surface area (Å²) in [5.41, 5.74) is 1.27. The van der Waals surface area contributed by atoms with E-state index in [-0.39, 0.29) is 12.0 Å². The first-order chi connectivity index (χ1) is 5.96. The van der Waals surface area contributed by atoms with E-state index >= 15 is 0 Å². The monoisotopic (exact) mass is 262 g/mol. The zero-order valence-corrected chi connectivity index (χ0v) is 10.6. The SMILES string of the molecule is Cc1csc(CC(C)(C)CO)c1Br. The van der Waals surface area contributed by atoms with Gasteiger partial charge in [-0.05, 0) is 45.6 Å². The van der Waals surface area contributed by atoms with Crippen LogP contribution in [0.3, 0.4) is 0 Å². The second kappa shape index (κ2) is 4.11. The molecule has 0 saturated heterocycles. The van der Waals surface area contributed by atoms with Gasteiger partial charge < -0.3 is 5.11 Å². The van der Waals surface area contributed by atoms with E-state index in [0.717, 1.165) is 6.42 Å². The molecule has 0 aliphatic rings. The first-order valence-corrected chi connectivity index (χ1v) is 5.97. The molecule has 0 unspecified atom stereocenters. The Morgan fingerprint density at radius 3 is 2.54 bits per heavy atom. The van der Waals surface area contributed by atoms with Gasteiger partial charge in [-0.1, -0.05) is 13.8 Å². The molecule has 0 radical (unpaired) electrons. The lowest BCUT2D eigenvalue weighted by atomic mass is 9.90. The summed E-state index contributed by atoms with van der Waals surface area (Å²) in [6.07, 6.45) is 0.933. The molecule has 74 valence electrons. The normalized spacial score (nSPS) is 12.1. The first kappa shape index (κ1) is 11.2. The van der Waals surface area contributed by atoms with Crippen LogP contribution in [-0.2, 0) is 6.42 Å². The van der Waals surface area contributed by atoms with Crippen LogP contribution < -0.4 is 0 Å². The summed E-state index contributed by atoms with van der Waals surface area (Å²) < 4.78 is 1.21. The van der Waals surface area contributed by atoms with Crippen molar-refractivity contribution in [2.75, 3.05) is 6.61 Å². The van der Waals surface area contributed by atoms with E-state index in [0.29, 0.717) is 0 Å². The maximum atomic E-state index is 9.14. The zero-order chi connectivity index (χ0) is 10.1. The maximum Gasteiger partial charge on any atom is 0.0485 e. The van der Waals surface area contributed by atoms with Crippen molar-refractivity contribution in [1.29, 1.82) is 0 Å². The topological polar surface area (TPSA) is 20.2 Å². The summed E-state index contributed by atoms with van der Waals surface area (Å²) in [7, 11) is 0. The second-order valence-corrected chi connectivity index (χ2v) is 5.91. The average Bonchev–Trinajstić information content (AvgIpc) is 2.36. The van der Waals surface area contributed by atoms with Crippen LogP contribution >= 0.6 is 27.3 Å². The van der Waals surface area contributed by atoms with Crippen molar-refractivity contribution < 1.29 is 5.11 Å². The largest absolute Gasteiger partial charge is 0.396 e. The molecule has 0 saturated carbocycles. The molecule has 1 heterocycles. The van der Waals surface area contributed by atoms with Gasteiger partial charge >= 0.3 is 0 Å². The lowest BCUT2D eigenvalue weighted by molar-refractivity contribution is 0.160. The van der Waals surface area contributed by atoms with Gasteiger partial charge in [0.2, 0.25) is 0 Å². The van der Waals surface area contributed by atoms with Gasteiger partial charge in [0.15, 0.2) is 0 Å². The van der Waals surface area contributed by atoms with Gasteiger partial charge in [0, 0.05) is 16.0 Å². The highest BCUT2D eigenvalue weighted by molar-refractivity contribution is 9.10. The molecule has 1 nitrogen and oxygen atoms in total. The van der Waals surface area contributed by atoms with Gasteiger partial charge in [0.1, 0.15) is 0 Å². The van der Waals surface area contributed by atoms with Crippen molar-refractivity contribution in [2.45, 2.75) is 27.2 Å². The third-order valence-corrected chi connectivity index (χ3v) is 4.51. The fraction of sp³-hybridized carbons (Fsp3) is 0.600. The van der Waals surface area contributed by atoms with Crippen LogP contribution in [0.15, 0.2) is 9.85 Å². The summed E-state index contributed by atoms with van der Waals surface area (Å²) in [5, 5.41) is 11.3. The van der Waals surface area contributed by atoms with E-state index in [2.05, 4.69) is 42.1 Å². The molecule has 0 aromatic carbocycles. The Morgan fingerprint density at radius 2 is 2.15 bits per heavy atom. The van der Waals surface area contributed by atoms with E-state index < -0.39 is 0 Å². The standard InChI is InChI=1S/C10H15BrOS/c1-7-5-13-8(9(7)11)4-10(2,3)6-12/h5,12H,4,6H2,1-3H3. The number of halogens is 1. The smallest absolute Gasteiger partial charge is 0.0485 e. The number of thiophene rings is 1. The predicted octanol–water partition coefficient (Wildman–Crippen LogP) is 3.38. The van der Waals surface area contributed by atoms with Gasteiger partial charge in [-0.15, -0.1) is 11.3 Å². The van der Waals surface area contributed by atoms with E-state index in [1.165, 1.54) is 14.9 Å². The highest BCUT2D eigenvalue weighted by Crippen LogP contribution is 2.33. The molecule has 1 rings (SSSR count). The number of aliphatic hydroxyl groups is 1. The van der Waals surface area contributed by atoms with Gasteiger partial charge in [-0.3, -0.25) is 0 Å². The van der Waals surface area contributed by atoms with E-state index in [1.807, 2.05) is 0 Å². The Kier molecular flexibility index (Phi) is 3.55. The molecule has 1 aromatic rings. The molecule has 0 bridgehead atoms. The summed E-state index contributed by atoms with van der Waals surface area (Å²) in [6.45, 7) is 6.48. The molecular formula is C10H15BrOS. The Hall–Kier alpha value is 0.140. The van der Waals surface area contributed by atoms with E-state index in [9.17, 15) is 0 Å². The van der Waals surface area contributed by atoms with Gasteiger partial charge in [-0.2, -0.15) is 0 Å². The lowest BCUT2D eigenvalue weighted by Crippen LogP contribution is -2.19. The average molecular weight is 263 g/mol. The third-order valence-electron chi connectivity index (χ3n) is 2.04. The number of aryl methyl sites for hydroxylation is 1. The highest BCUT2D eigenvalue weighted by Gasteiger charge is 2.20. The molecule has 0 fully saturated rings. The van der Waals surface area contributed by atoms with Gasteiger partial charge in [-0.25, -0.2) is 0 Å². The number of rotatable bonds is 3. The summed E-state index contributed by atoms with van der Waals surface area (Å²) in [6, 6.07) is 0. The minimum absolute atomic E-state index is 0.0141. The molecule has 0 aliphatic heterocycles. The molecule has 1 aromatic heterocycles. The fourth-order valence-corrected chi connectivity index (χ4v) is 2.95. The number of aliphatic hydroxyl groups excluding tert-OH is 1. The van der Waals surface area contributed by atoms with Crippen molar-refractivity contribution in [3.8, 4) is 0 Å². The van der Waals surface area contributed by atoms with Gasteiger partial charge in [0.05, 0.1) is 0 Å². The fourth-order valence-electron chi connectivity index (χ4n) is 1.09. The molecule has 0 amide bonds. The first-order valence-electron chi connectivity index (χ1n) is 4.29. The Bertz CT molecular complexity index is 291. The van der Waals surface area contributed by atoms with Crippen LogP contribution in [0.4, 0.5) is 0 Å². The number of hydrogen-bond acceptors (Lipinski definition) is 2. The zero-order valence-electron chi connectivity index (χ0n) is 8.22. The molecule has 13 heavy (non-hydrogen) atoms. The molecular weight excluding hydrogens is 248 g/mol. The van der Waals surface area contributed by atoms with Crippen LogP contribution in [-0.4, -0.2) is 11.7 Å². The minimum Gasteiger partial charge on any atom is -0.396 e. The maximum absolute atomic E-state index is 9.14. The van der Waals surface area contributed by atoms with Crippen LogP contribution in [0.5, 0.6) is 0 Å². The minimum atomic E-state index is -0.0141. The summed E-state index contributed by atoms with van der Waals surface area (Å²) >= 11 is 5.32. The van der Waals surface area contributed by atoms with Crippen LogP contribution in [0.2, 0.25) is 0 Å². The van der Waals surface area contributed by atoms with Crippen molar-refractivity contribution >= 4 is 27.3 Å². The lowest BCUT2D eigenvalue weighted by Gasteiger charge is -2.20. The van der Waals surface area contributed by atoms with Crippen LogP contribution in [0.25, 0.3) is 0 Å². The molecule has 3 heteroatoms. The molecule has 0 atom stereocenters. The number of hydrogen-bond donors (Lipinski definition) is 1. The quantitative estimate of drug-likeness (QED) is 0.886. The molecule has 1 N–H and O–H groups in total. The Labute approximate surface area is 91.9 Å². The molecule has 0 aliphatic carbocycles. The van der Waals surface area contributed by atoms with Gasteiger partial charge in [0.25, 0.3) is 0 Å². The summed E-state index contributed by atoms with van der Waals surface area (Å²) in [4.78, 5) is 1.33. The second-order valence-electron chi connectivity index (χ2n) is 4.15. The predicted molar refractivity (Wildman–Crippen MR) is 61.3 cm³/mol. The Morgan fingerprint density at radius 1 is 1.54 bits per heavy atom. The van der Waals surface area contributed by atoms with Crippen LogP contribution in [0, 0.1) is 12.3 Å². The van der Waals surface area contributed by atoms with E-state index in [1.54, 1.807) is 11.3 Å². The van der Waals surface area contributed by atoms with Crippen LogP contribution in [0.1, 0.15) is 24.3 Å². The Balaban J connectivity index is 2.80. The van der Waals surface area contributed by atoms with Crippen molar-refractivity contribution in [3.63, 3.8) is 0 Å². The molecule has 0 spiro atoms. The highest BCUT2D eigenvalue weighted by atomic mass is 79.9. The third kappa shape index (κ3) is 2.79.